The number of rotatable bonds is 3. The van der Waals surface area contributed by atoms with Crippen LogP contribution in [0.15, 0.2) is 51.9 Å². The van der Waals surface area contributed by atoms with Crippen LogP contribution in [0.5, 0.6) is 5.75 Å². The van der Waals surface area contributed by atoms with Gasteiger partial charge in [0, 0.05) is 16.3 Å². The molecule has 0 atom stereocenters. The summed E-state index contributed by atoms with van der Waals surface area (Å²) in [5.74, 6) is 0.229. The summed E-state index contributed by atoms with van der Waals surface area (Å²) in [6.07, 6.45) is 2.69. The number of halogens is 1. The highest BCUT2D eigenvalue weighted by Gasteiger charge is 1.98. The molecule has 18 heavy (non-hydrogen) atoms. The number of benzene rings is 2. The Morgan fingerprint density at radius 3 is 2.56 bits per heavy atom. The Morgan fingerprint density at radius 2 is 1.89 bits per heavy atom. The standard InChI is InChI=1S/C15H14BrNO/c1-2-11-3-6-14(7-4-11)17-10-12-9-13(16)5-8-15(12)18/h3-10,18H,2H2,1H3. The molecule has 1 N–H and O–H groups in total. The first-order valence-electron chi connectivity index (χ1n) is 5.80. The highest BCUT2D eigenvalue weighted by Crippen LogP contribution is 2.21. The van der Waals surface area contributed by atoms with Crippen molar-refractivity contribution in [3.8, 4) is 5.75 Å². The zero-order valence-corrected chi connectivity index (χ0v) is 11.7. The topological polar surface area (TPSA) is 32.6 Å². The van der Waals surface area contributed by atoms with Crippen LogP contribution in [0.4, 0.5) is 5.69 Å². The molecule has 0 heterocycles. The first-order valence-corrected chi connectivity index (χ1v) is 6.60. The van der Waals surface area contributed by atoms with Crippen molar-refractivity contribution in [2.75, 3.05) is 0 Å². The van der Waals surface area contributed by atoms with Crippen molar-refractivity contribution in [3.05, 3.63) is 58.1 Å². The lowest BCUT2D eigenvalue weighted by Gasteiger charge is -2.00. The van der Waals surface area contributed by atoms with Gasteiger partial charge in [-0.1, -0.05) is 35.0 Å². The molecule has 0 unspecified atom stereocenters. The minimum absolute atomic E-state index is 0.229. The van der Waals surface area contributed by atoms with E-state index in [-0.39, 0.29) is 5.75 Å². The van der Waals surface area contributed by atoms with E-state index in [4.69, 9.17) is 0 Å². The SMILES string of the molecule is CCc1ccc(N=Cc2cc(Br)ccc2O)cc1. The minimum Gasteiger partial charge on any atom is -0.507 e. The van der Waals surface area contributed by atoms with Crippen molar-refractivity contribution in [2.45, 2.75) is 13.3 Å². The van der Waals surface area contributed by atoms with Crippen LogP contribution in [0.25, 0.3) is 0 Å². The largest absolute Gasteiger partial charge is 0.507 e. The lowest BCUT2D eigenvalue weighted by atomic mass is 10.1. The molecule has 0 amide bonds. The quantitative estimate of drug-likeness (QED) is 0.834. The summed E-state index contributed by atoms with van der Waals surface area (Å²) in [7, 11) is 0. The van der Waals surface area contributed by atoms with E-state index in [9.17, 15) is 5.11 Å². The summed E-state index contributed by atoms with van der Waals surface area (Å²) in [6.45, 7) is 2.12. The van der Waals surface area contributed by atoms with Gasteiger partial charge in [0.1, 0.15) is 5.75 Å². The number of aryl methyl sites for hydroxylation is 1. The maximum absolute atomic E-state index is 9.68. The van der Waals surface area contributed by atoms with Gasteiger partial charge in [0.15, 0.2) is 0 Å². The van der Waals surface area contributed by atoms with Crippen molar-refractivity contribution in [1.29, 1.82) is 0 Å². The number of hydrogen-bond acceptors (Lipinski definition) is 2. The van der Waals surface area contributed by atoms with Gasteiger partial charge < -0.3 is 5.11 Å². The van der Waals surface area contributed by atoms with Crippen molar-refractivity contribution in [2.24, 2.45) is 4.99 Å². The molecule has 2 aromatic rings. The normalized spacial score (nSPS) is 11.0. The van der Waals surface area contributed by atoms with Gasteiger partial charge in [-0.25, -0.2) is 0 Å². The van der Waals surface area contributed by atoms with E-state index >= 15 is 0 Å². The number of aromatic hydroxyl groups is 1. The molecule has 2 aromatic carbocycles. The van der Waals surface area contributed by atoms with Crippen LogP contribution in [0.2, 0.25) is 0 Å². The minimum atomic E-state index is 0.229. The average molecular weight is 304 g/mol. The molecule has 0 fully saturated rings. The molecule has 0 saturated heterocycles. The molecule has 3 heteroatoms. The molecule has 0 aromatic heterocycles. The average Bonchev–Trinajstić information content (AvgIpc) is 2.40. The zero-order chi connectivity index (χ0) is 13.0. The van der Waals surface area contributed by atoms with E-state index in [1.54, 1.807) is 18.3 Å². The van der Waals surface area contributed by atoms with Crippen molar-refractivity contribution < 1.29 is 5.11 Å². The Kier molecular flexibility index (Phi) is 4.15. The third-order valence-electron chi connectivity index (χ3n) is 2.69. The Morgan fingerprint density at radius 1 is 1.17 bits per heavy atom. The van der Waals surface area contributed by atoms with Crippen molar-refractivity contribution >= 4 is 27.8 Å². The first-order chi connectivity index (χ1) is 8.69. The van der Waals surface area contributed by atoms with E-state index in [0.717, 1.165) is 16.6 Å². The molecule has 0 spiro atoms. The fraction of sp³-hybridized carbons (Fsp3) is 0.133. The van der Waals surface area contributed by atoms with E-state index in [0.29, 0.717) is 5.56 Å². The highest BCUT2D eigenvalue weighted by atomic mass is 79.9. The van der Waals surface area contributed by atoms with Gasteiger partial charge in [-0.15, -0.1) is 0 Å². The van der Waals surface area contributed by atoms with Gasteiger partial charge >= 0.3 is 0 Å². The summed E-state index contributed by atoms with van der Waals surface area (Å²) in [5.41, 5.74) is 2.87. The summed E-state index contributed by atoms with van der Waals surface area (Å²) in [4.78, 5) is 4.35. The third-order valence-corrected chi connectivity index (χ3v) is 3.18. The molecule has 92 valence electrons. The van der Waals surface area contributed by atoms with Crippen molar-refractivity contribution in [1.82, 2.24) is 0 Å². The van der Waals surface area contributed by atoms with Gasteiger partial charge in [0.2, 0.25) is 0 Å². The molecular formula is C15H14BrNO. The Hall–Kier alpha value is -1.61. The monoisotopic (exact) mass is 303 g/mol. The summed E-state index contributed by atoms with van der Waals surface area (Å²) in [6, 6.07) is 13.4. The summed E-state index contributed by atoms with van der Waals surface area (Å²) >= 11 is 3.37. The molecule has 0 radical (unpaired) electrons. The van der Waals surface area contributed by atoms with Gasteiger partial charge in [-0.3, -0.25) is 4.99 Å². The second kappa shape index (κ2) is 5.83. The van der Waals surface area contributed by atoms with Gasteiger partial charge in [-0.05, 0) is 42.3 Å². The van der Waals surface area contributed by atoms with E-state index < -0.39 is 0 Å². The van der Waals surface area contributed by atoms with Crippen LogP contribution >= 0.6 is 15.9 Å². The zero-order valence-electron chi connectivity index (χ0n) is 10.1. The summed E-state index contributed by atoms with van der Waals surface area (Å²) in [5, 5.41) is 9.68. The predicted molar refractivity (Wildman–Crippen MR) is 78.9 cm³/mol. The van der Waals surface area contributed by atoms with Gasteiger partial charge in [0.05, 0.1) is 5.69 Å². The number of phenolic OH excluding ortho intramolecular Hbond substituents is 1. The second-order valence-electron chi connectivity index (χ2n) is 3.98. The Labute approximate surface area is 115 Å². The lowest BCUT2D eigenvalue weighted by molar-refractivity contribution is 0.474. The van der Waals surface area contributed by atoms with Crippen LogP contribution in [0.3, 0.4) is 0 Å². The number of aliphatic imine (C=N–C) groups is 1. The van der Waals surface area contributed by atoms with Crippen LogP contribution in [-0.2, 0) is 6.42 Å². The van der Waals surface area contributed by atoms with Crippen LogP contribution in [-0.4, -0.2) is 11.3 Å². The van der Waals surface area contributed by atoms with Crippen LogP contribution < -0.4 is 0 Å². The number of hydrogen-bond donors (Lipinski definition) is 1. The van der Waals surface area contributed by atoms with E-state index in [1.807, 2.05) is 18.2 Å². The molecule has 0 bridgehead atoms. The molecule has 2 nitrogen and oxygen atoms in total. The predicted octanol–water partition coefficient (Wildman–Crippen LogP) is 4.47. The fourth-order valence-electron chi connectivity index (χ4n) is 1.59. The maximum atomic E-state index is 9.68. The van der Waals surface area contributed by atoms with Gasteiger partial charge in [0.25, 0.3) is 0 Å². The van der Waals surface area contributed by atoms with Gasteiger partial charge in [-0.2, -0.15) is 0 Å². The smallest absolute Gasteiger partial charge is 0.124 e. The highest BCUT2D eigenvalue weighted by molar-refractivity contribution is 9.10. The molecular weight excluding hydrogens is 290 g/mol. The molecule has 0 aliphatic rings. The Balaban J connectivity index is 2.21. The first kappa shape index (κ1) is 12.8. The van der Waals surface area contributed by atoms with Crippen LogP contribution in [0, 0.1) is 0 Å². The van der Waals surface area contributed by atoms with E-state index in [2.05, 4.69) is 40.0 Å². The second-order valence-corrected chi connectivity index (χ2v) is 4.90. The Bertz CT molecular complexity index is 561. The number of nitrogens with zero attached hydrogens (tertiary/aromatic N) is 1. The van der Waals surface area contributed by atoms with Crippen LogP contribution in [0.1, 0.15) is 18.1 Å². The molecule has 0 saturated carbocycles. The summed E-state index contributed by atoms with van der Waals surface area (Å²) < 4.78 is 0.920. The molecule has 0 aliphatic carbocycles. The molecule has 2 rings (SSSR count). The number of phenols is 1. The molecule has 0 aliphatic heterocycles. The fourth-order valence-corrected chi connectivity index (χ4v) is 1.97. The van der Waals surface area contributed by atoms with E-state index in [1.165, 1.54) is 5.56 Å². The maximum Gasteiger partial charge on any atom is 0.124 e. The lowest BCUT2D eigenvalue weighted by Crippen LogP contribution is -1.82. The van der Waals surface area contributed by atoms with Crippen molar-refractivity contribution in [3.63, 3.8) is 0 Å². The third kappa shape index (κ3) is 3.20.